The normalized spacial score (nSPS) is 29.9. The molecular weight excluding hydrogens is 586 g/mol. The highest BCUT2D eigenvalue weighted by atomic mass is 79.9. The predicted octanol–water partition coefficient (Wildman–Crippen LogP) is 3.75. The number of fused-ring (bicyclic) bond motifs is 1. The van der Waals surface area contributed by atoms with Crippen LogP contribution in [0.15, 0.2) is 54.6 Å². The molecule has 10 heteroatoms. The number of nitrogens with one attached hydrogen (secondary N) is 2. The Morgan fingerprint density at radius 2 is 1.85 bits per heavy atom. The number of hydrogen-bond donors (Lipinski definition) is 3. The van der Waals surface area contributed by atoms with Crippen LogP contribution in [0.5, 0.6) is 0 Å². The number of carbonyl (C=O) groups is 3. The molecule has 2 bridgehead atoms. The molecule has 3 fully saturated rings. The largest absolute Gasteiger partial charge is 0.394 e. The van der Waals surface area contributed by atoms with Gasteiger partial charge < -0.3 is 25.4 Å². The molecule has 39 heavy (non-hydrogen) atoms. The number of alkyl halides is 1. The fourth-order valence-electron chi connectivity index (χ4n) is 6.53. The van der Waals surface area contributed by atoms with Gasteiger partial charge in [0.25, 0.3) is 0 Å². The number of carbonyl (C=O) groups excluding carboxylic acids is 3. The van der Waals surface area contributed by atoms with Crippen molar-refractivity contribution < 1.29 is 24.2 Å². The Morgan fingerprint density at radius 1 is 1.15 bits per heavy atom. The van der Waals surface area contributed by atoms with E-state index >= 15 is 0 Å². The summed E-state index contributed by atoms with van der Waals surface area (Å²) in [5.74, 6) is -2.47. The van der Waals surface area contributed by atoms with Crippen molar-refractivity contribution in [2.75, 3.05) is 11.9 Å². The summed E-state index contributed by atoms with van der Waals surface area (Å²) in [4.78, 5) is 43.1. The van der Waals surface area contributed by atoms with E-state index in [1.807, 2.05) is 44.2 Å². The fourth-order valence-corrected chi connectivity index (χ4v) is 7.60. The van der Waals surface area contributed by atoms with Crippen molar-refractivity contribution in [1.82, 2.24) is 10.2 Å². The van der Waals surface area contributed by atoms with Crippen LogP contribution in [-0.2, 0) is 25.7 Å². The van der Waals surface area contributed by atoms with Crippen LogP contribution in [-0.4, -0.2) is 63.0 Å². The molecule has 3 aliphatic heterocycles. The highest BCUT2D eigenvalue weighted by Gasteiger charge is 2.77. The fraction of sp³-hybridized carbons (Fsp3) is 0.483. The third-order valence-corrected chi connectivity index (χ3v) is 9.14. The molecule has 3 N–H and O–H groups in total. The van der Waals surface area contributed by atoms with Gasteiger partial charge in [0.05, 0.1) is 30.6 Å². The Kier molecular flexibility index (Phi) is 8.06. The summed E-state index contributed by atoms with van der Waals surface area (Å²) in [6.45, 7) is 4.02. The van der Waals surface area contributed by atoms with E-state index in [2.05, 4.69) is 26.6 Å². The van der Waals surface area contributed by atoms with Gasteiger partial charge in [-0.2, -0.15) is 0 Å². The lowest BCUT2D eigenvalue weighted by Gasteiger charge is -2.37. The lowest BCUT2D eigenvalue weighted by Crippen LogP contribution is -2.57. The Hall–Kier alpha value is -2.46. The molecule has 208 valence electrons. The average molecular weight is 619 g/mol. The van der Waals surface area contributed by atoms with Gasteiger partial charge in [-0.3, -0.25) is 14.4 Å². The SMILES string of the molecule is CC(C)C[C@H](CO)N1C(=O)[C@@H]2[C@H](C(=O)NCc3ccccc3)[C@H]3OC2(CC3Br)C1C(=O)Nc1ccc(Cl)cc1. The number of hydrogen-bond acceptors (Lipinski definition) is 5. The third-order valence-electron chi connectivity index (χ3n) is 8.05. The van der Waals surface area contributed by atoms with Crippen molar-refractivity contribution in [2.24, 2.45) is 17.8 Å². The van der Waals surface area contributed by atoms with Gasteiger partial charge in [-0.1, -0.05) is 71.7 Å². The molecule has 5 rings (SSSR count). The van der Waals surface area contributed by atoms with Crippen molar-refractivity contribution in [3.63, 3.8) is 0 Å². The molecule has 8 nitrogen and oxygen atoms in total. The molecule has 0 aliphatic carbocycles. The number of nitrogens with zero attached hydrogens (tertiary/aromatic N) is 1. The summed E-state index contributed by atoms with van der Waals surface area (Å²) >= 11 is 9.71. The summed E-state index contributed by atoms with van der Waals surface area (Å²) in [6, 6.07) is 14.7. The van der Waals surface area contributed by atoms with Gasteiger partial charge in [0.2, 0.25) is 17.7 Å². The van der Waals surface area contributed by atoms with Crippen LogP contribution < -0.4 is 10.6 Å². The van der Waals surface area contributed by atoms with Crippen molar-refractivity contribution in [2.45, 2.75) is 61.8 Å². The van der Waals surface area contributed by atoms with Crippen LogP contribution in [0.25, 0.3) is 0 Å². The van der Waals surface area contributed by atoms with Gasteiger partial charge in [0.1, 0.15) is 11.6 Å². The molecule has 3 amide bonds. The second-order valence-corrected chi connectivity index (χ2v) is 12.7. The first-order chi connectivity index (χ1) is 18.7. The van der Waals surface area contributed by atoms with E-state index in [0.717, 1.165) is 5.56 Å². The number of likely N-dealkylation sites (tertiary alicyclic amines) is 1. The summed E-state index contributed by atoms with van der Waals surface area (Å²) < 4.78 is 6.54. The van der Waals surface area contributed by atoms with Crippen molar-refractivity contribution in [1.29, 1.82) is 0 Å². The molecule has 2 aromatic rings. The molecule has 3 saturated heterocycles. The Morgan fingerprint density at radius 3 is 2.49 bits per heavy atom. The van der Waals surface area contributed by atoms with Crippen molar-refractivity contribution >= 4 is 50.9 Å². The molecule has 3 unspecified atom stereocenters. The van der Waals surface area contributed by atoms with E-state index < -0.39 is 41.5 Å². The zero-order valence-electron chi connectivity index (χ0n) is 21.8. The van der Waals surface area contributed by atoms with Crippen LogP contribution >= 0.6 is 27.5 Å². The molecule has 7 atom stereocenters. The number of rotatable bonds is 9. The van der Waals surface area contributed by atoms with Crippen LogP contribution in [0.4, 0.5) is 5.69 Å². The van der Waals surface area contributed by atoms with Gasteiger partial charge in [-0.05, 0) is 48.6 Å². The average Bonchev–Trinajstić information content (AvgIpc) is 3.51. The minimum atomic E-state index is -1.20. The van der Waals surface area contributed by atoms with Crippen molar-refractivity contribution in [3.05, 3.63) is 65.2 Å². The highest BCUT2D eigenvalue weighted by Crippen LogP contribution is 2.60. The summed E-state index contributed by atoms with van der Waals surface area (Å²) in [5, 5.41) is 16.8. The quantitative estimate of drug-likeness (QED) is 0.371. The van der Waals surface area contributed by atoms with Crippen LogP contribution in [0, 0.1) is 17.8 Å². The molecule has 0 aromatic heterocycles. The topological polar surface area (TPSA) is 108 Å². The number of halogens is 2. The van der Waals surface area contributed by atoms with Gasteiger partial charge in [-0.15, -0.1) is 0 Å². The minimum absolute atomic E-state index is 0.166. The molecule has 1 spiro atoms. The van der Waals surface area contributed by atoms with Crippen molar-refractivity contribution in [3.8, 4) is 0 Å². The lowest BCUT2D eigenvalue weighted by molar-refractivity contribution is -0.144. The molecule has 0 saturated carbocycles. The number of anilines is 1. The first kappa shape index (κ1) is 28.1. The number of amides is 3. The molecule has 3 aliphatic rings. The van der Waals surface area contributed by atoms with Gasteiger partial charge >= 0.3 is 0 Å². The summed E-state index contributed by atoms with van der Waals surface area (Å²) in [5.41, 5.74) is 0.268. The maximum atomic E-state index is 14.2. The Labute approximate surface area is 241 Å². The van der Waals surface area contributed by atoms with Gasteiger partial charge in [0.15, 0.2) is 0 Å². The van der Waals surface area contributed by atoms with Gasteiger partial charge in [-0.25, -0.2) is 0 Å². The zero-order chi connectivity index (χ0) is 27.9. The minimum Gasteiger partial charge on any atom is -0.394 e. The zero-order valence-corrected chi connectivity index (χ0v) is 24.2. The number of ether oxygens (including phenoxy) is 1. The molecule has 2 aromatic carbocycles. The van der Waals surface area contributed by atoms with Crippen LogP contribution in [0.1, 0.15) is 32.3 Å². The summed E-state index contributed by atoms with van der Waals surface area (Å²) in [6.07, 6.45) is 0.341. The lowest BCUT2D eigenvalue weighted by atomic mass is 9.70. The predicted molar refractivity (Wildman–Crippen MR) is 151 cm³/mol. The van der Waals surface area contributed by atoms with Crippen LogP contribution in [0.3, 0.4) is 0 Å². The number of benzene rings is 2. The highest BCUT2D eigenvalue weighted by molar-refractivity contribution is 9.09. The Balaban J connectivity index is 1.49. The third kappa shape index (κ3) is 5.10. The van der Waals surface area contributed by atoms with E-state index in [-0.39, 0.29) is 29.2 Å². The second-order valence-electron chi connectivity index (χ2n) is 11.1. The number of aliphatic hydroxyl groups is 1. The molecular formula is C29H33BrClN3O5. The molecule has 0 radical (unpaired) electrons. The number of aliphatic hydroxyl groups excluding tert-OH is 1. The molecule has 3 heterocycles. The van der Waals surface area contributed by atoms with E-state index in [1.165, 1.54) is 4.90 Å². The summed E-state index contributed by atoms with van der Waals surface area (Å²) in [7, 11) is 0. The van der Waals surface area contributed by atoms with E-state index in [0.29, 0.717) is 30.1 Å². The van der Waals surface area contributed by atoms with E-state index in [1.54, 1.807) is 24.3 Å². The second kappa shape index (κ2) is 11.2. The first-order valence-corrected chi connectivity index (χ1v) is 14.6. The van der Waals surface area contributed by atoms with E-state index in [9.17, 15) is 19.5 Å². The first-order valence-electron chi connectivity index (χ1n) is 13.3. The van der Waals surface area contributed by atoms with E-state index in [4.69, 9.17) is 16.3 Å². The van der Waals surface area contributed by atoms with Crippen LogP contribution in [0.2, 0.25) is 5.02 Å². The Bertz CT molecular complexity index is 1230. The monoisotopic (exact) mass is 617 g/mol. The standard InChI is InChI=1S/C29H33BrClN3O5/c1-16(2)12-20(15-35)34-25(27(37)33-19-10-8-18(31)9-11-19)29-13-21(30)24(39-29)22(23(29)28(34)38)26(36)32-14-17-6-4-3-5-7-17/h3-11,16,20-25,35H,12-15H2,1-2H3,(H,32,36)(H,33,37)/t20-,21?,22+,23+,24+,25?,29?/m1/s1. The maximum Gasteiger partial charge on any atom is 0.250 e. The van der Waals surface area contributed by atoms with Gasteiger partial charge in [0, 0.05) is 22.1 Å². The maximum absolute atomic E-state index is 14.2. The smallest absolute Gasteiger partial charge is 0.250 e.